The van der Waals surface area contributed by atoms with Crippen molar-refractivity contribution in [2.75, 3.05) is 5.32 Å². The molecule has 0 bridgehead atoms. The summed E-state index contributed by atoms with van der Waals surface area (Å²) in [4.78, 5) is 36.2. The van der Waals surface area contributed by atoms with Gasteiger partial charge in [0.2, 0.25) is 0 Å². The first-order chi connectivity index (χ1) is 13.2. The fourth-order valence-corrected chi connectivity index (χ4v) is 2.52. The van der Waals surface area contributed by atoms with Crippen molar-refractivity contribution in [3.63, 3.8) is 0 Å². The van der Waals surface area contributed by atoms with E-state index in [1.54, 1.807) is 6.07 Å². The lowest BCUT2D eigenvalue weighted by Crippen LogP contribution is -2.30. The molecule has 2 aromatic carbocycles. The van der Waals surface area contributed by atoms with Gasteiger partial charge in [-0.05, 0) is 44.5 Å². The fourth-order valence-electron chi connectivity index (χ4n) is 2.52. The van der Waals surface area contributed by atoms with Crippen molar-refractivity contribution in [3.05, 3.63) is 64.7 Å². The number of esters is 1. The van der Waals surface area contributed by atoms with Gasteiger partial charge < -0.3 is 10.1 Å². The van der Waals surface area contributed by atoms with E-state index >= 15 is 0 Å². The molecule has 7 heteroatoms. The van der Waals surface area contributed by atoms with Crippen LogP contribution in [-0.4, -0.2) is 23.8 Å². The molecule has 0 fully saturated rings. The van der Waals surface area contributed by atoms with Crippen LogP contribution in [0.15, 0.2) is 36.4 Å². The lowest BCUT2D eigenvalue weighted by atomic mass is 9.99. The zero-order valence-electron chi connectivity index (χ0n) is 15.8. The predicted molar refractivity (Wildman–Crippen MR) is 100 cm³/mol. The van der Waals surface area contributed by atoms with E-state index in [-0.39, 0.29) is 24.3 Å². The van der Waals surface area contributed by atoms with Gasteiger partial charge in [0.05, 0.1) is 12.1 Å². The van der Waals surface area contributed by atoms with Crippen LogP contribution in [-0.2, 0) is 14.3 Å². The number of ketones is 1. The van der Waals surface area contributed by atoms with Crippen molar-refractivity contribution in [1.82, 2.24) is 0 Å². The highest BCUT2D eigenvalue weighted by molar-refractivity contribution is 5.99. The number of carbonyl (C=O) groups is 3. The van der Waals surface area contributed by atoms with Gasteiger partial charge in [-0.25, -0.2) is 8.78 Å². The number of nitrogens with one attached hydrogen (secondary N) is 1. The molecule has 0 aliphatic carbocycles. The summed E-state index contributed by atoms with van der Waals surface area (Å²) in [7, 11) is 0. The maximum Gasteiger partial charge on any atom is 0.307 e. The van der Waals surface area contributed by atoms with Crippen LogP contribution in [0.2, 0.25) is 0 Å². The minimum atomic E-state index is -1.23. The molecular formula is C21H21F2NO4. The van der Waals surface area contributed by atoms with Crippen molar-refractivity contribution in [1.29, 1.82) is 0 Å². The molecule has 0 radical (unpaired) electrons. The molecule has 0 aliphatic heterocycles. The molecule has 148 valence electrons. The molecule has 0 unspecified atom stereocenters. The molecule has 0 spiro atoms. The number of Topliss-reactive ketones (excluding diaryl/α,β-unsaturated/α-hetero) is 1. The second-order valence-corrected chi connectivity index (χ2v) is 6.49. The largest absolute Gasteiger partial charge is 0.453 e. The van der Waals surface area contributed by atoms with Gasteiger partial charge in [-0.15, -0.1) is 0 Å². The Labute approximate surface area is 161 Å². The van der Waals surface area contributed by atoms with Crippen LogP contribution in [0.4, 0.5) is 14.5 Å². The van der Waals surface area contributed by atoms with Crippen molar-refractivity contribution in [2.45, 2.75) is 39.7 Å². The summed E-state index contributed by atoms with van der Waals surface area (Å²) in [5.41, 5.74) is 1.94. The van der Waals surface area contributed by atoms with Gasteiger partial charge in [0, 0.05) is 18.1 Å². The van der Waals surface area contributed by atoms with Crippen LogP contribution in [0.25, 0.3) is 0 Å². The number of aryl methyl sites for hydroxylation is 2. The molecule has 1 atom stereocenters. The van der Waals surface area contributed by atoms with Gasteiger partial charge in [0.1, 0.15) is 11.6 Å². The molecule has 2 aromatic rings. The molecule has 5 nitrogen and oxygen atoms in total. The third-order valence-electron chi connectivity index (χ3n) is 4.11. The zero-order chi connectivity index (χ0) is 20.8. The van der Waals surface area contributed by atoms with Gasteiger partial charge in [0.25, 0.3) is 5.91 Å². The first kappa shape index (κ1) is 21.2. The Morgan fingerprint density at radius 2 is 1.75 bits per heavy atom. The van der Waals surface area contributed by atoms with Gasteiger partial charge in [-0.1, -0.05) is 17.7 Å². The van der Waals surface area contributed by atoms with Crippen molar-refractivity contribution in [3.8, 4) is 0 Å². The third kappa shape index (κ3) is 5.70. The van der Waals surface area contributed by atoms with E-state index < -0.39 is 29.6 Å². The highest BCUT2D eigenvalue weighted by Gasteiger charge is 2.20. The molecule has 0 aromatic heterocycles. The minimum absolute atomic E-state index is 0.0595. The van der Waals surface area contributed by atoms with Crippen LogP contribution in [0, 0.1) is 25.5 Å². The minimum Gasteiger partial charge on any atom is -0.453 e. The van der Waals surface area contributed by atoms with E-state index in [2.05, 4.69) is 5.32 Å². The Balaban J connectivity index is 1.88. The van der Waals surface area contributed by atoms with Crippen molar-refractivity contribution >= 4 is 23.3 Å². The summed E-state index contributed by atoms with van der Waals surface area (Å²) in [5, 5.41) is 2.16. The third-order valence-corrected chi connectivity index (χ3v) is 4.11. The number of hydrogen-bond donors (Lipinski definition) is 1. The van der Waals surface area contributed by atoms with Crippen LogP contribution in [0.1, 0.15) is 41.3 Å². The normalized spacial score (nSPS) is 11.6. The standard InChI is InChI=1S/C21H21F2NO4/c1-12-4-5-13(2)16(10-12)19(25)8-9-20(26)28-14(3)21(27)24-18-11-15(22)6-7-17(18)23/h4-7,10-11,14H,8-9H2,1-3H3,(H,24,27)/t14-/m1/s1. The van der Waals surface area contributed by atoms with Crippen LogP contribution in [0.5, 0.6) is 0 Å². The molecule has 1 N–H and O–H groups in total. The summed E-state index contributed by atoms with van der Waals surface area (Å²) in [6, 6.07) is 8.10. The number of benzene rings is 2. The fraction of sp³-hybridized carbons (Fsp3) is 0.286. The average Bonchev–Trinajstić information content (AvgIpc) is 2.64. The summed E-state index contributed by atoms with van der Waals surface area (Å²) < 4.78 is 31.7. The number of carbonyl (C=O) groups excluding carboxylic acids is 3. The second kappa shape index (κ2) is 9.21. The molecule has 0 saturated heterocycles. The SMILES string of the molecule is Cc1ccc(C)c(C(=O)CCC(=O)O[C@H](C)C(=O)Nc2cc(F)ccc2F)c1. The first-order valence-electron chi connectivity index (χ1n) is 8.73. The Kier molecular flexibility index (Phi) is 6.98. The second-order valence-electron chi connectivity index (χ2n) is 6.49. The number of anilines is 1. The van der Waals surface area contributed by atoms with Crippen LogP contribution >= 0.6 is 0 Å². The Morgan fingerprint density at radius 1 is 1.04 bits per heavy atom. The average molecular weight is 389 g/mol. The van der Waals surface area contributed by atoms with Crippen LogP contribution in [0.3, 0.4) is 0 Å². The maximum atomic E-state index is 13.6. The summed E-state index contributed by atoms with van der Waals surface area (Å²) in [6.07, 6.45) is -1.49. The Bertz CT molecular complexity index is 911. The van der Waals surface area contributed by atoms with E-state index in [1.165, 1.54) is 6.92 Å². The Morgan fingerprint density at radius 3 is 2.46 bits per heavy atom. The number of halogens is 2. The summed E-state index contributed by atoms with van der Waals surface area (Å²) in [6.45, 7) is 4.98. The van der Waals surface area contributed by atoms with Gasteiger partial charge in [0.15, 0.2) is 11.9 Å². The quantitative estimate of drug-likeness (QED) is 0.571. The monoisotopic (exact) mass is 389 g/mol. The van der Waals surface area contributed by atoms with Gasteiger partial charge in [-0.2, -0.15) is 0 Å². The van der Waals surface area contributed by atoms with Crippen LogP contribution < -0.4 is 5.32 Å². The smallest absolute Gasteiger partial charge is 0.307 e. The molecule has 0 heterocycles. The number of ether oxygens (including phenoxy) is 1. The first-order valence-corrected chi connectivity index (χ1v) is 8.73. The zero-order valence-corrected chi connectivity index (χ0v) is 15.8. The maximum absolute atomic E-state index is 13.6. The lowest BCUT2D eigenvalue weighted by molar-refractivity contribution is -0.153. The molecular weight excluding hydrogens is 368 g/mol. The van der Waals surface area contributed by atoms with E-state index in [0.717, 1.165) is 29.3 Å². The molecule has 0 aliphatic rings. The molecule has 28 heavy (non-hydrogen) atoms. The van der Waals surface area contributed by atoms with Crippen molar-refractivity contribution in [2.24, 2.45) is 0 Å². The number of hydrogen-bond acceptors (Lipinski definition) is 4. The van der Waals surface area contributed by atoms with Crippen molar-refractivity contribution < 1.29 is 27.9 Å². The Hall–Kier alpha value is -3.09. The van der Waals surface area contributed by atoms with E-state index in [0.29, 0.717) is 5.56 Å². The highest BCUT2D eigenvalue weighted by atomic mass is 19.1. The lowest BCUT2D eigenvalue weighted by Gasteiger charge is -2.14. The molecule has 2 rings (SSSR count). The predicted octanol–water partition coefficient (Wildman–Crippen LogP) is 4.11. The van der Waals surface area contributed by atoms with Gasteiger partial charge >= 0.3 is 5.97 Å². The number of rotatable bonds is 7. The van der Waals surface area contributed by atoms with E-state index in [9.17, 15) is 23.2 Å². The highest BCUT2D eigenvalue weighted by Crippen LogP contribution is 2.17. The summed E-state index contributed by atoms with van der Waals surface area (Å²) in [5.74, 6) is -3.27. The summed E-state index contributed by atoms with van der Waals surface area (Å²) >= 11 is 0. The molecule has 0 saturated carbocycles. The number of amides is 1. The molecule has 1 amide bonds. The van der Waals surface area contributed by atoms with E-state index in [4.69, 9.17) is 4.74 Å². The van der Waals surface area contributed by atoms with Gasteiger partial charge in [-0.3, -0.25) is 14.4 Å². The van der Waals surface area contributed by atoms with E-state index in [1.807, 2.05) is 26.0 Å². The topological polar surface area (TPSA) is 72.5 Å².